The second-order valence-electron chi connectivity index (χ2n) is 10.5. The number of carboxylic acid groups (broad SMARTS) is 1. The number of nitrogens with one attached hydrogen (secondary N) is 2. The van der Waals surface area contributed by atoms with Crippen LogP contribution in [0.2, 0.25) is 0 Å². The minimum atomic E-state index is -4.77. The van der Waals surface area contributed by atoms with Gasteiger partial charge in [0.15, 0.2) is 5.69 Å². The van der Waals surface area contributed by atoms with Gasteiger partial charge in [0.1, 0.15) is 22.0 Å². The monoisotopic (exact) mass is 622 g/mol. The van der Waals surface area contributed by atoms with Crippen LogP contribution >= 0.6 is 11.3 Å². The fraction of sp³-hybridized carbons (Fsp3) is 0.333. The van der Waals surface area contributed by atoms with Crippen LogP contribution < -0.4 is 16.1 Å². The Bertz CT molecular complexity index is 1780. The summed E-state index contributed by atoms with van der Waals surface area (Å²) in [6, 6.07) is 0.761. The zero-order valence-electron chi connectivity index (χ0n) is 23.2. The molecular weight excluding hydrogens is 596 g/mol. The Hall–Kier alpha value is -4.44. The first kappa shape index (κ1) is 31.5. The lowest BCUT2D eigenvalue weighted by atomic mass is 9.86. The Morgan fingerprint density at radius 1 is 1.12 bits per heavy atom. The zero-order chi connectivity index (χ0) is 31.9. The summed E-state index contributed by atoms with van der Waals surface area (Å²) in [6.45, 7) is 6.70. The van der Waals surface area contributed by atoms with Crippen molar-refractivity contribution in [3.63, 3.8) is 0 Å². The molecule has 0 saturated heterocycles. The number of carbonyl (C=O) groups excluding carboxylic acids is 1. The first-order valence-electron chi connectivity index (χ1n) is 12.7. The number of hydrogen-bond acceptors (Lipinski definition) is 8. The summed E-state index contributed by atoms with van der Waals surface area (Å²) in [5.74, 6) is -2.81. The number of rotatable bonds is 7. The zero-order valence-corrected chi connectivity index (χ0v) is 24.0. The second kappa shape index (κ2) is 11.7. The van der Waals surface area contributed by atoms with Crippen LogP contribution in [0.3, 0.4) is 0 Å². The van der Waals surface area contributed by atoms with E-state index >= 15 is 4.39 Å². The van der Waals surface area contributed by atoms with E-state index < -0.39 is 58.9 Å². The highest BCUT2D eigenvalue weighted by Crippen LogP contribution is 2.40. The van der Waals surface area contributed by atoms with Gasteiger partial charge in [-0.25, -0.2) is 24.5 Å². The molecule has 1 atom stereocenters. The van der Waals surface area contributed by atoms with Gasteiger partial charge in [0.2, 0.25) is 11.4 Å². The second-order valence-corrected chi connectivity index (χ2v) is 11.3. The molecule has 0 saturated carbocycles. The van der Waals surface area contributed by atoms with Gasteiger partial charge in [-0.3, -0.25) is 10.1 Å². The van der Waals surface area contributed by atoms with E-state index in [4.69, 9.17) is 0 Å². The maximum atomic E-state index is 15.8. The fourth-order valence-electron chi connectivity index (χ4n) is 4.37. The molecule has 4 aromatic rings. The third kappa shape index (κ3) is 6.34. The Balaban J connectivity index is 2.03. The molecule has 0 aromatic carbocycles. The van der Waals surface area contributed by atoms with E-state index in [1.54, 1.807) is 27.7 Å². The third-order valence-electron chi connectivity index (χ3n) is 6.49. The van der Waals surface area contributed by atoms with E-state index in [1.165, 1.54) is 10.6 Å². The summed E-state index contributed by atoms with van der Waals surface area (Å²) in [5.41, 5.74) is -4.36. The molecule has 16 heteroatoms. The largest absolute Gasteiger partial charge is 0.477 e. The van der Waals surface area contributed by atoms with Crippen molar-refractivity contribution in [2.24, 2.45) is 5.41 Å². The van der Waals surface area contributed by atoms with Gasteiger partial charge in [0.25, 0.3) is 0 Å². The van der Waals surface area contributed by atoms with Crippen molar-refractivity contribution < 1.29 is 37.4 Å². The number of halogens is 4. The van der Waals surface area contributed by atoms with Crippen LogP contribution in [-0.4, -0.2) is 54.9 Å². The van der Waals surface area contributed by atoms with Crippen molar-refractivity contribution >= 4 is 40.2 Å². The van der Waals surface area contributed by atoms with Gasteiger partial charge in [0.05, 0.1) is 18.0 Å². The third-order valence-corrected chi connectivity index (χ3v) is 7.37. The summed E-state index contributed by atoms with van der Waals surface area (Å²) < 4.78 is 57.2. The maximum absolute atomic E-state index is 15.8. The van der Waals surface area contributed by atoms with Crippen LogP contribution in [-0.2, 0) is 6.18 Å². The number of hydrogen-bond donors (Lipinski definition) is 4. The van der Waals surface area contributed by atoms with Crippen LogP contribution in [0.25, 0.3) is 32.7 Å². The van der Waals surface area contributed by atoms with Crippen molar-refractivity contribution in [1.82, 2.24) is 24.8 Å². The number of urea groups is 1. The number of aliphatic hydroxyl groups is 1. The lowest BCUT2D eigenvalue weighted by molar-refractivity contribution is -0.140. The predicted molar refractivity (Wildman–Crippen MR) is 151 cm³/mol. The SMILES string of the molecule is CCNC(=O)Nc1cc(-c2nc(C(F)(F)F)cs2)c(-c2cc3c(=O)c(C(=O)O)cn([C@H](CO)C(C)(C)C)c3nc2F)cn1. The molecule has 2 amide bonds. The Morgan fingerprint density at radius 3 is 2.37 bits per heavy atom. The van der Waals surface area contributed by atoms with Crippen LogP contribution in [0, 0.1) is 11.4 Å². The van der Waals surface area contributed by atoms with Gasteiger partial charge >= 0.3 is 18.2 Å². The number of alkyl halides is 3. The highest BCUT2D eigenvalue weighted by atomic mass is 32.1. The van der Waals surface area contributed by atoms with Gasteiger partial charge in [-0.1, -0.05) is 20.8 Å². The van der Waals surface area contributed by atoms with Crippen molar-refractivity contribution in [3.8, 4) is 21.7 Å². The molecule has 11 nitrogen and oxygen atoms in total. The van der Waals surface area contributed by atoms with E-state index in [9.17, 15) is 37.8 Å². The summed E-state index contributed by atoms with van der Waals surface area (Å²) >= 11 is 0.606. The fourth-order valence-corrected chi connectivity index (χ4v) is 5.23. The van der Waals surface area contributed by atoms with Crippen molar-refractivity contribution in [1.29, 1.82) is 0 Å². The van der Waals surface area contributed by atoms with Crippen LogP contribution in [0.4, 0.5) is 28.2 Å². The van der Waals surface area contributed by atoms with Crippen LogP contribution in [0.5, 0.6) is 0 Å². The standard InChI is InChI=1S/C27H26F4N6O5S/c1-5-32-25(42)35-19-7-13(23-34-17(11-43-23)27(29,30)31)15(8-33-19)12-6-14-20(39)16(24(40)41)9-37(22(14)36-21(12)28)18(10-38)26(2,3)4/h6-9,11,18,38H,5,10H2,1-4H3,(H,40,41)(H2,32,33,35,42)/t18-/m1/s1. The molecule has 0 radical (unpaired) electrons. The molecule has 0 fully saturated rings. The maximum Gasteiger partial charge on any atom is 0.434 e. The Kier molecular flexibility index (Phi) is 8.56. The van der Waals surface area contributed by atoms with E-state index in [1.807, 2.05) is 0 Å². The molecule has 0 aliphatic rings. The summed E-state index contributed by atoms with van der Waals surface area (Å²) in [5, 5.41) is 25.0. The summed E-state index contributed by atoms with van der Waals surface area (Å²) in [7, 11) is 0. The van der Waals surface area contributed by atoms with Gasteiger partial charge in [-0.2, -0.15) is 17.6 Å². The number of fused-ring (bicyclic) bond motifs is 1. The van der Waals surface area contributed by atoms with Gasteiger partial charge in [0, 0.05) is 41.0 Å². The Morgan fingerprint density at radius 2 is 1.81 bits per heavy atom. The number of nitrogens with zero attached hydrogens (tertiary/aromatic N) is 4. The summed E-state index contributed by atoms with van der Waals surface area (Å²) in [6.07, 6.45) is -2.70. The highest BCUT2D eigenvalue weighted by molar-refractivity contribution is 7.13. The van der Waals surface area contributed by atoms with Crippen molar-refractivity contribution in [2.45, 2.75) is 39.9 Å². The van der Waals surface area contributed by atoms with Crippen molar-refractivity contribution in [2.75, 3.05) is 18.5 Å². The van der Waals surface area contributed by atoms with Gasteiger partial charge in [-0.05, 0) is 24.5 Å². The Labute approximate surface area is 245 Å². The summed E-state index contributed by atoms with van der Waals surface area (Å²) in [4.78, 5) is 49.0. The number of pyridine rings is 3. The molecule has 4 N–H and O–H groups in total. The lowest BCUT2D eigenvalue weighted by Crippen LogP contribution is -2.31. The number of aliphatic hydroxyl groups excluding tert-OH is 1. The minimum absolute atomic E-state index is 0.0695. The van der Waals surface area contributed by atoms with E-state index in [0.717, 1.165) is 23.8 Å². The highest BCUT2D eigenvalue weighted by Gasteiger charge is 2.34. The average molecular weight is 623 g/mol. The van der Waals surface area contributed by atoms with E-state index in [-0.39, 0.29) is 45.1 Å². The smallest absolute Gasteiger partial charge is 0.434 e. The number of carboxylic acids is 1. The minimum Gasteiger partial charge on any atom is -0.477 e. The first-order valence-corrected chi connectivity index (χ1v) is 13.6. The number of carbonyl (C=O) groups is 2. The number of amides is 2. The van der Waals surface area contributed by atoms with Gasteiger partial charge < -0.3 is 20.1 Å². The quantitative estimate of drug-likeness (QED) is 0.163. The molecular formula is C27H26F4N6O5S. The topological polar surface area (TPSA) is 159 Å². The molecule has 0 aliphatic heterocycles. The molecule has 228 valence electrons. The van der Waals surface area contributed by atoms with E-state index in [2.05, 4.69) is 25.6 Å². The molecule has 0 unspecified atom stereocenters. The average Bonchev–Trinajstić information content (AvgIpc) is 3.41. The molecule has 0 spiro atoms. The molecule has 4 aromatic heterocycles. The lowest BCUT2D eigenvalue weighted by Gasteiger charge is -2.32. The normalized spacial score (nSPS) is 12.8. The number of anilines is 1. The van der Waals surface area contributed by atoms with Crippen molar-refractivity contribution in [3.05, 3.63) is 57.3 Å². The van der Waals surface area contributed by atoms with Crippen LogP contribution in [0.15, 0.2) is 34.7 Å². The molecule has 4 heterocycles. The number of aromatic nitrogens is 4. The van der Waals surface area contributed by atoms with Gasteiger partial charge in [-0.15, -0.1) is 11.3 Å². The first-order chi connectivity index (χ1) is 20.1. The molecule has 43 heavy (non-hydrogen) atoms. The number of thiazole rings is 1. The molecule has 0 aliphatic carbocycles. The predicted octanol–water partition coefficient (Wildman–Crippen LogP) is 5.16. The molecule has 4 rings (SSSR count). The van der Waals surface area contributed by atoms with Crippen LogP contribution in [0.1, 0.15) is 49.8 Å². The van der Waals surface area contributed by atoms with E-state index in [0.29, 0.717) is 11.3 Å². The number of aromatic carboxylic acids is 1. The molecule has 0 bridgehead atoms.